The predicted molar refractivity (Wildman–Crippen MR) is 48.9 cm³/mol. The van der Waals surface area contributed by atoms with Gasteiger partial charge in [-0.1, -0.05) is 41.4 Å². The van der Waals surface area contributed by atoms with Crippen LogP contribution in [0.2, 0.25) is 0 Å². The lowest BCUT2D eigenvalue weighted by molar-refractivity contribution is 0.155. The van der Waals surface area contributed by atoms with Crippen LogP contribution < -0.4 is 0 Å². The van der Waals surface area contributed by atoms with Gasteiger partial charge in [-0.3, -0.25) is 0 Å². The maximum absolute atomic E-state index is 12.8. The molecule has 0 N–H and O–H groups in total. The Balaban J connectivity index is 2.40. The second-order valence-corrected chi connectivity index (χ2v) is 3.51. The van der Waals surface area contributed by atoms with Gasteiger partial charge in [0.05, 0.1) is 5.57 Å². The number of rotatable bonds is 1. The maximum Gasteiger partial charge on any atom is 0.311 e. The van der Waals surface area contributed by atoms with Gasteiger partial charge in [0.15, 0.2) is 0 Å². The molecule has 0 saturated carbocycles. The summed E-state index contributed by atoms with van der Waals surface area (Å²) in [6, 6.07) is 6.96. The van der Waals surface area contributed by atoms with E-state index in [0.717, 1.165) is 5.56 Å². The fourth-order valence-electron chi connectivity index (χ4n) is 1.32. The Hall–Kier alpha value is -0.890. The largest absolute Gasteiger partial charge is 0.311 e. The average molecular weight is 201 g/mol. The summed E-state index contributed by atoms with van der Waals surface area (Å²) in [5.74, 6) is -2.88. The van der Waals surface area contributed by atoms with Crippen molar-refractivity contribution >= 4 is 17.2 Å². The number of halogens is 3. The van der Waals surface area contributed by atoms with E-state index >= 15 is 0 Å². The number of benzene rings is 1. The van der Waals surface area contributed by atoms with Gasteiger partial charge in [0.25, 0.3) is 0 Å². The summed E-state index contributed by atoms with van der Waals surface area (Å²) in [6.45, 7) is 1.86. The van der Waals surface area contributed by atoms with Crippen molar-refractivity contribution in [2.75, 3.05) is 0 Å². The number of hydrogen-bond acceptors (Lipinski definition) is 0. The minimum atomic E-state index is -2.88. The van der Waals surface area contributed by atoms with E-state index in [-0.39, 0.29) is 10.6 Å². The van der Waals surface area contributed by atoms with Gasteiger partial charge in [-0.2, -0.15) is 8.78 Å². The van der Waals surface area contributed by atoms with Gasteiger partial charge in [-0.25, -0.2) is 0 Å². The zero-order valence-corrected chi connectivity index (χ0v) is 7.70. The van der Waals surface area contributed by atoms with Gasteiger partial charge in [0.2, 0.25) is 0 Å². The number of alkyl halides is 2. The highest BCUT2D eigenvalue weighted by Gasteiger charge is 2.56. The van der Waals surface area contributed by atoms with Gasteiger partial charge >= 0.3 is 5.92 Å². The Labute approximate surface area is 79.8 Å². The second kappa shape index (κ2) is 2.55. The summed E-state index contributed by atoms with van der Waals surface area (Å²) >= 11 is 5.36. The van der Waals surface area contributed by atoms with Crippen molar-refractivity contribution in [3.63, 3.8) is 0 Å². The third-order valence-electron chi connectivity index (χ3n) is 2.05. The molecule has 1 aliphatic rings. The van der Waals surface area contributed by atoms with Gasteiger partial charge in [-0.15, -0.1) is 0 Å². The highest BCUT2D eigenvalue weighted by atomic mass is 35.5. The monoisotopic (exact) mass is 200 g/mol. The van der Waals surface area contributed by atoms with Gasteiger partial charge in [-0.05, 0) is 12.5 Å². The van der Waals surface area contributed by atoms with Crippen molar-refractivity contribution in [1.29, 1.82) is 0 Å². The van der Waals surface area contributed by atoms with Gasteiger partial charge in [0, 0.05) is 0 Å². The van der Waals surface area contributed by atoms with Crippen molar-refractivity contribution in [2.24, 2.45) is 0 Å². The fourth-order valence-corrected chi connectivity index (χ4v) is 1.59. The molecular formula is C10H7ClF2. The summed E-state index contributed by atoms with van der Waals surface area (Å²) < 4.78 is 25.6. The molecule has 0 fully saturated rings. The van der Waals surface area contributed by atoms with E-state index in [1.807, 2.05) is 13.0 Å². The van der Waals surface area contributed by atoms with Crippen LogP contribution >= 0.6 is 11.6 Å². The lowest BCUT2D eigenvalue weighted by atomic mass is 10.1. The van der Waals surface area contributed by atoms with E-state index in [1.54, 1.807) is 18.2 Å². The van der Waals surface area contributed by atoms with E-state index in [0.29, 0.717) is 5.56 Å². The van der Waals surface area contributed by atoms with E-state index in [4.69, 9.17) is 11.6 Å². The van der Waals surface area contributed by atoms with Crippen LogP contribution in [-0.4, -0.2) is 5.92 Å². The molecule has 2 rings (SSSR count). The molecule has 0 bridgehead atoms. The SMILES string of the molecule is Cc1cccc(C2=C(Cl)C2(F)F)c1. The average Bonchev–Trinajstić information content (AvgIpc) is 2.51. The van der Waals surface area contributed by atoms with Crippen molar-refractivity contribution < 1.29 is 8.78 Å². The van der Waals surface area contributed by atoms with Crippen LogP contribution in [0.25, 0.3) is 5.57 Å². The third kappa shape index (κ3) is 1.25. The van der Waals surface area contributed by atoms with E-state index < -0.39 is 5.92 Å². The molecule has 0 atom stereocenters. The summed E-state index contributed by atoms with van der Waals surface area (Å²) in [5.41, 5.74) is 1.45. The molecule has 68 valence electrons. The molecule has 1 aromatic rings. The first-order valence-corrected chi connectivity index (χ1v) is 4.27. The third-order valence-corrected chi connectivity index (χ3v) is 2.48. The zero-order chi connectivity index (χ0) is 9.64. The summed E-state index contributed by atoms with van der Waals surface area (Å²) in [7, 11) is 0. The lowest BCUT2D eigenvalue weighted by Crippen LogP contribution is -1.95. The molecule has 3 heteroatoms. The topological polar surface area (TPSA) is 0 Å². The van der Waals surface area contributed by atoms with Crippen molar-refractivity contribution in [1.82, 2.24) is 0 Å². The van der Waals surface area contributed by atoms with E-state index in [2.05, 4.69) is 0 Å². The lowest BCUT2D eigenvalue weighted by Gasteiger charge is -1.98. The molecule has 0 radical (unpaired) electrons. The van der Waals surface area contributed by atoms with Crippen LogP contribution in [0.4, 0.5) is 8.78 Å². The first-order valence-electron chi connectivity index (χ1n) is 3.89. The van der Waals surface area contributed by atoms with Crippen LogP contribution in [0, 0.1) is 6.92 Å². The molecule has 0 spiro atoms. The van der Waals surface area contributed by atoms with Crippen LogP contribution in [0.5, 0.6) is 0 Å². The highest BCUT2D eigenvalue weighted by Crippen LogP contribution is 2.57. The summed E-state index contributed by atoms with van der Waals surface area (Å²) in [5, 5.41) is -0.321. The first-order chi connectivity index (χ1) is 6.03. The molecule has 1 aromatic carbocycles. The van der Waals surface area contributed by atoms with Crippen LogP contribution in [0.3, 0.4) is 0 Å². The summed E-state index contributed by atoms with van der Waals surface area (Å²) in [6.07, 6.45) is 0. The van der Waals surface area contributed by atoms with Crippen molar-refractivity contribution in [3.05, 3.63) is 40.4 Å². The first kappa shape index (κ1) is 8.70. The fraction of sp³-hybridized carbons (Fsp3) is 0.200. The standard InChI is InChI=1S/C10H7ClF2/c1-6-3-2-4-7(5-6)8-9(11)10(8,12)13/h2-5H,1H3. The second-order valence-electron chi connectivity index (χ2n) is 3.13. The molecule has 0 aliphatic heterocycles. The molecule has 0 saturated heterocycles. The van der Waals surface area contributed by atoms with E-state index in [1.165, 1.54) is 0 Å². The molecule has 0 heterocycles. The van der Waals surface area contributed by atoms with Crippen LogP contribution in [0.1, 0.15) is 11.1 Å². The minimum Gasteiger partial charge on any atom is -0.195 e. The molecular weight excluding hydrogens is 194 g/mol. The van der Waals surface area contributed by atoms with Crippen LogP contribution in [0.15, 0.2) is 29.3 Å². The maximum atomic E-state index is 12.8. The zero-order valence-electron chi connectivity index (χ0n) is 6.94. The molecule has 0 unspecified atom stereocenters. The Kier molecular flexibility index (Phi) is 1.70. The Morgan fingerprint density at radius 3 is 2.38 bits per heavy atom. The van der Waals surface area contributed by atoms with Gasteiger partial charge < -0.3 is 0 Å². The van der Waals surface area contributed by atoms with Crippen molar-refractivity contribution in [2.45, 2.75) is 12.8 Å². The number of hydrogen-bond donors (Lipinski definition) is 0. The number of allylic oxidation sites excluding steroid dienone is 2. The molecule has 0 amide bonds. The molecule has 1 aliphatic carbocycles. The highest BCUT2D eigenvalue weighted by molar-refractivity contribution is 6.40. The summed E-state index contributed by atoms with van der Waals surface area (Å²) in [4.78, 5) is 0. The minimum absolute atomic E-state index is 0.0298. The molecule has 13 heavy (non-hydrogen) atoms. The van der Waals surface area contributed by atoms with Gasteiger partial charge in [0.1, 0.15) is 5.03 Å². The molecule has 0 aromatic heterocycles. The quantitative estimate of drug-likeness (QED) is 0.650. The Morgan fingerprint density at radius 2 is 1.92 bits per heavy atom. The Bertz CT molecular complexity index is 394. The van der Waals surface area contributed by atoms with Crippen molar-refractivity contribution in [3.8, 4) is 0 Å². The Morgan fingerprint density at radius 1 is 1.31 bits per heavy atom. The molecule has 0 nitrogen and oxygen atoms in total. The number of aryl methyl sites for hydroxylation is 1. The van der Waals surface area contributed by atoms with Crippen LogP contribution in [-0.2, 0) is 0 Å². The predicted octanol–water partition coefficient (Wildman–Crippen LogP) is 3.59. The van der Waals surface area contributed by atoms with E-state index in [9.17, 15) is 8.78 Å². The normalized spacial score (nSPS) is 19.1. The smallest absolute Gasteiger partial charge is 0.195 e.